The Bertz CT molecular complexity index is 1540. The van der Waals surface area contributed by atoms with Crippen LogP contribution in [0.2, 0.25) is 0 Å². The van der Waals surface area contributed by atoms with Crippen LogP contribution in [-0.2, 0) is 7.05 Å². The van der Waals surface area contributed by atoms with E-state index < -0.39 is 0 Å². The molecule has 6 rings (SSSR count). The maximum absolute atomic E-state index is 4.51. The van der Waals surface area contributed by atoms with E-state index in [1.54, 1.807) is 0 Å². The summed E-state index contributed by atoms with van der Waals surface area (Å²) in [7, 11) is 2.03. The van der Waals surface area contributed by atoms with Gasteiger partial charge >= 0.3 is 0 Å². The molecule has 0 amide bonds. The maximum Gasteiger partial charge on any atom is 0.139 e. The van der Waals surface area contributed by atoms with Crippen molar-refractivity contribution in [3.05, 3.63) is 109 Å². The van der Waals surface area contributed by atoms with E-state index in [0.717, 1.165) is 11.4 Å². The molecule has 0 aliphatic rings. The fourth-order valence-electron chi connectivity index (χ4n) is 4.49. The summed E-state index contributed by atoms with van der Waals surface area (Å²) >= 11 is 0. The number of aromatic nitrogens is 3. The number of aryl methyl sites for hydroxylation is 1. The lowest BCUT2D eigenvalue weighted by atomic mass is 10.0. The van der Waals surface area contributed by atoms with Crippen molar-refractivity contribution in [1.82, 2.24) is 14.1 Å². The van der Waals surface area contributed by atoms with Gasteiger partial charge in [-0.25, -0.2) is 4.98 Å². The predicted octanol–water partition coefficient (Wildman–Crippen LogP) is 6.85. The van der Waals surface area contributed by atoms with Crippen LogP contribution in [0.1, 0.15) is 0 Å². The van der Waals surface area contributed by atoms with Crippen LogP contribution in [0.25, 0.3) is 50.0 Å². The molecular formula is C28H21N3. The van der Waals surface area contributed by atoms with Gasteiger partial charge in [0.1, 0.15) is 5.82 Å². The van der Waals surface area contributed by atoms with Crippen LogP contribution in [0.3, 0.4) is 0 Å². The van der Waals surface area contributed by atoms with Crippen LogP contribution in [0, 0.1) is 0 Å². The van der Waals surface area contributed by atoms with Gasteiger partial charge in [0.15, 0.2) is 0 Å². The first-order valence-corrected chi connectivity index (χ1v) is 10.5. The summed E-state index contributed by atoms with van der Waals surface area (Å²) in [6.45, 7) is 0. The number of hydrogen-bond donors (Lipinski definition) is 0. The van der Waals surface area contributed by atoms with Crippen molar-refractivity contribution in [2.45, 2.75) is 0 Å². The number of imidazole rings is 1. The molecule has 0 N–H and O–H groups in total. The maximum atomic E-state index is 4.51. The van der Waals surface area contributed by atoms with Crippen molar-refractivity contribution in [2.75, 3.05) is 0 Å². The van der Waals surface area contributed by atoms with E-state index in [9.17, 15) is 0 Å². The zero-order valence-electron chi connectivity index (χ0n) is 17.2. The zero-order valence-corrected chi connectivity index (χ0v) is 17.2. The zero-order chi connectivity index (χ0) is 20.8. The Morgan fingerprint density at radius 3 is 2.19 bits per heavy atom. The van der Waals surface area contributed by atoms with Crippen LogP contribution < -0.4 is 0 Å². The van der Waals surface area contributed by atoms with E-state index in [1.165, 1.54) is 38.6 Å². The average Bonchev–Trinajstić information content (AvgIpc) is 3.40. The van der Waals surface area contributed by atoms with Crippen LogP contribution in [-0.4, -0.2) is 14.1 Å². The second kappa shape index (κ2) is 6.99. The van der Waals surface area contributed by atoms with Crippen molar-refractivity contribution in [1.29, 1.82) is 0 Å². The highest BCUT2D eigenvalue weighted by molar-refractivity contribution is 6.10. The Kier molecular flexibility index (Phi) is 4.00. The minimum atomic E-state index is 0.973. The lowest BCUT2D eigenvalue weighted by Crippen LogP contribution is -1.93. The highest BCUT2D eigenvalue weighted by Gasteiger charge is 2.13. The lowest BCUT2D eigenvalue weighted by molar-refractivity contribution is 0.925. The van der Waals surface area contributed by atoms with Crippen molar-refractivity contribution < 1.29 is 0 Å². The molecule has 0 radical (unpaired) electrons. The molecule has 6 aromatic rings. The minimum absolute atomic E-state index is 0.973. The Hall–Kier alpha value is -4.11. The van der Waals surface area contributed by atoms with Crippen molar-refractivity contribution in [3.63, 3.8) is 0 Å². The van der Waals surface area contributed by atoms with E-state index in [1.807, 2.05) is 19.4 Å². The summed E-state index contributed by atoms with van der Waals surface area (Å²) in [5.41, 5.74) is 7.12. The normalized spacial score (nSPS) is 11.4. The Labute approximate surface area is 180 Å². The molecule has 3 nitrogen and oxygen atoms in total. The minimum Gasteiger partial charge on any atom is -0.334 e. The number of benzene rings is 4. The number of fused-ring (bicyclic) bond motifs is 3. The van der Waals surface area contributed by atoms with Crippen LogP contribution in [0.15, 0.2) is 109 Å². The summed E-state index contributed by atoms with van der Waals surface area (Å²) in [6.07, 6.45) is 3.82. The van der Waals surface area contributed by atoms with E-state index in [2.05, 4.69) is 111 Å². The van der Waals surface area contributed by atoms with Gasteiger partial charge in [-0.15, -0.1) is 0 Å². The topological polar surface area (TPSA) is 22.8 Å². The molecule has 2 heterocycles. The van der Waals surface area contributed by atoms with E-state index in [0.29, 0.717) is 0 Å². The summed E-state index contributed by atoms with van der Waals surface area (Å²) < 4.78 is 4.41. The third kappa shape index (κ3) is 2.86. The van der Waals surface area contributed by atoms with Gasteiger partial charge in [-0.2, -0.15) is 0 Å². The van der Waals surface area contributed by atoms with Crippen LogP contribution in [0.5, 0.6) is 0 Å². The molecule has 0 spiro atoms. The van der Waals surface area contributed by atoms with Gasteiger partial charge in [0.2, 0.25) is 0 Å². The van der Waals surface area contributed by atoms with Crippen LogP contribution >= 0.6 is 0 Å². The predicted molar refractivity (Wildman–Crippen MR) is 128 cm³/mol. The smallest absolute Gasteiger partial charge is 0.139 e. The molecule has 0 saturated heterocycles. The van der Waals surface area contributed by atoms with Gasteiger partial charge in [-0.3, -0.25) is 0 Å². The highest BCUT2D eigenvalue weighted by Crippen LogP contribution is 2.35. The molecular weight excluding hydrogens is 378 g/mol. The third-order valence-corrected chi connectivity index (χ3v) is 5.96. The average molecular weight is 399 g/mol. The monoisotopic (exact) mass is 399 g/mol. The molecule has 2 aromatic heterocycles. The molecule has 148 valence electrons. The van der Waals surface area contributed by atoms with Gasteiger partial charge in [0, 0.05) is 41.5 Å². The second-order valence-electron chi connectivity index (χ2n) is 7.86. The van der Waals surface area contributed by atoms with Gasteiger partial charge in [0.25, 0.3) is 0 Å². The van der Waals surface area contributed by atoms with E-state index >= 15 is 0 Å². The number of para-hydroxylation sites is 2. The van der Waals surface area contributed by atoms with Gasteiger partial charge in [-0.05, 0) is 41.5 Å². The Morgan fingerprint density at radius 2 is 1.35 bits per heavy atom. The van der Waals surface area contributed by atoms with E-state index in [-0.39, 0.29) is 0 Å². The van der Waals surface area contributed by atoms with Crippen LogP contribution in [0.4, 0.5) is 0 Å². The number of rotatable bonds is 3. The first-order valence-electron chi connectivity index (χ1n) is 10.5. The molecule has 0 unspecified atom stereocenters. The van der Waals surface area contributed by atoms with Gasteiger partial charge in [0.05, 0.1) is 11.0 Å². The van der Waals surface area contributed by atoms with Crippen molar-refractivity contribution in [2.24, 2.45) is 7.05 Å². The molecule has 0 fully saturated rings. The first-order chi connectivity index (χ1) is 15.3. The van der Waals surface area contributed by atoms with Crippen molar-refractivity contribution in [3.8, 4) is 28.2 Å². The van der Waals surface area contributed by atoms with Gasteiger partial charge in [-0.1, -0.05) is 66.7 Å². The molecule has 0 aliphatic heterocycles. The summed E-state index contributed by atoms with van der Waals surface area (Å²) in [5, 5.41) is 2.54. The fourth-order valence-corrected chi connectivity index (χ4v) is 4.49. The molecule has 3 heteroatoms. The van der Waals surface area contributed by atoms with Crippen molar-refractivity contribution >= 4 is 21.8 Å². The molecule has 0 saturated carbocycles. The third-order valence-electron chi connectivity index (χ3n) is 5.96. The summed E-state index contributed by atoms with van der Waals surface area (Å²) in [6, 6.07) is 34.6. The summed E-state index contributed by atoms with van der Waals surface area (Å²) in [4.78, 5) is 4.51. The number of nitrogens with zero attached hydrogens (tertiary/aromatic N) is 3. The second-order valence-corrected chi connectivity index (χ2v) is 7.86. The standard InChI is InChI=1S/C28H21N3/c1-30-17-16-29-28(30)22-9-7-8-20(18-22)21-14-15-25-24-12-5-6-13-26(24)31(27(25)19-21)23-10-3-2-4-11-23/h2-19H,1H3. The van der Waals surface area contributed by atoms with Gasteiger partial charge < -0.3 is 9.13 Å². The Morgan fingerprint density at radius 1 is 0.613 bits per heavy atom. The number of hydrogen-bond acceptors (Lipinski definition) is 1. The molecule has 4 aromatic carbocycles. The lowest BCUT2D eigenvalue weighted by Gasteiger charge is -2.10. The first kappa shape index (κ1) is 17.7. The van der Waals surface area contributed by atoms with E-state index in [4.69, 9.17) is 0 Å². The largest absolute Gasteiger partial charge is 0.334 e. The SMILES string of the molecule is Cn1ccnc1-c1cccc(-c2ccc3c4ccccc4n(-c4ccccc4)c3c2)c1. The molecule has 0 bridgehead atoms. The summed E-state index contributed by atoms with van der Waals surface area (Å²) in [5.74, 6) is 0.973. The fraction of sp³-hybridized carbons (Fsp3) is 0.0357. The highest BCUT2D eigenvalue weighted by atomic mass is 15.0. The molecule has 0 aliphatic carbocycles. The molecule has 0 atom stereocenters. The Balaban J connectivity index is 1.59. The quantitative estimate of drug-likeness (QED) is 0.319. The molecule has 31 heavy (non-hydrogen) atoms.